The molecule has 0 aliphatic heterocycles. The highest BCUT2D eigenvalue weighted by Crippen LogP contribution is 2.39. The van der Waals surface area contributed by atoms with Crippen molar-refractivity contribution in [3.05, 3.63) is 45.9 Å². The third-order valence-electron chi connectivity index (χ3n) is 3.40. The summed E-state index contributed by atoms with van der Waals surface area (Å²) in [4.78, 5) is 12.1. The average molecular weight is 385 g/mol. The van der Waals surface area contributed by atoms with Gasteiger partial charge in [-0.05, 0) is 30.3 Å². The normalized spacial score (nSPS) is 10.1. The molecule has 2 amide bonds. The molecule has 0 atom stereocenters. The van der Waals surface area contributed by atoms with Crippen molar-refractivity contribution in [2.24, 2.45) is 0 Å². The zero-order valence-corrected chi connectivity index (χ0v) is 15.5. The number of rotatable bonds is 6. The molecule has 0 unspecified atom stereocenters. The van der Waals surface area contributed by atoms with E-state index in [-0.39, 0.29) is 6.54 Å². The molecule has 2 rings (SSSR count). The summed E-state index contributed by atoms with van der Waals surface area (Å²) in [6.07, 6.45) is 0. The Morgan fingerprint density at radius 2 is 1.68 bits per heavy atom. The number of hydrogen-bond donors (Lipinski definition) is 2. The molecule has 0 fully saturated rings. The molecule has 6 nitrogen and oxygen atoms in total. The van der Waals surface area contributed by atoms with Crippen molar-refractivity contribution in [1.82, 2.24) is 5.32 Å². The minimum atomic E-state index is -0.393. The Balaban J connectivity index is 2.07. The first kappa shape index (κ1) is 19.0. The van der Waals surface area contributed by atoms with Gasteiger partial charge in [0, 0.05) is 17.8 Å². The van der Waals surface area contributed by atoms with Gasteiger partial charge in [-0.2, -0.15) is 0 Å². The third kappa shape index (κ3) is 4.61. The molecule has 2 aromatic rings. The fourth-order valence-corrected chi connectivity index (χ4v) is 2.53. The summed E-state index contributed by atoms with van der Waals surface area (Å²) < 4.78 is 15.9. The first-order chi connectivity index (χ1) is 12.0. The number of benzene rings is 2. The van der Waals surface area contributed by atoms with E-state index in [0.717, 1.165) is 5.56 Å². The van der Waals surface area contributed by atoms with Gasteiger partial charge in [-0.25, -0.2) is 4.79 Å². The second kappa shape index (κ2) is 8.69. The van der Waals surface area contributed by atoms with Crippen LogP contribution in [0.3, 0.4) is 0 Å². The number of nitrogens with one attached hydrogen (secondary N) is 2. The van der Waals surface area contributed by atoms with E-state index in [4.69, 9.17) is 37.4 Å². The Hall–Kier alpha value is -2.31. The minimum absolute atomic E-state index is 0.233. The molecule has 0 saturated heterocycles. The third-order valence-corrected chi connectivity index (χ3v) is 4.14. The standard InChI is InChI=1S/C17H18Cl2N2O4/c1-23-14-7-4-10(15(24-2)16(14)25-3)9-20-17(22)21-11-5-6-12(18)13(19)8-11/h4-8H,9H2,1-3H3,(H2,20,21,22). The first-order valence-electron chi connectivity index (χ1n) is 7.28. The lowest BCUT2D eigenvalue weighted by Crippen LogP contribution is -2.28. The molecule has 0 bridgehead atoms. The maximum atomic E-state index is 12.1. The lowest BCUT2D eigenvalue weighted by Gasteiger charge is -2.16. The zero-order valence-electron chi connectivity index (χ0n) is 14.0. The number of ether oxygens (including phenoxy) is 3. The van der Waals surface area contributed by atoms with Crippen LogP contribution in [0, 0.1) is 0 Å². The van der Waals surface area contributed by atoms with Crippen molar-refractivity contribution in [2.75, 3.05) is 26.6 Å². The predicted molar refractivity (Wildman–Crippen MR) is 98.4 cm³/mol. The summed E-state index contributed by atoms with van der Waals surface area (Å²) in [5, 5.41) is 6.20. The van der Waals surface area contributed by atoms with E-state index in [1.165, 1.54) is 14.2 Å². The second-order valence-electron chi connectivity index (χ2n) is 4.93. The van der Waals surface area contributed by atoms with Gasteiger partial charge < -0.3 is 24.8 Å². The fraction of sp³-hybridized carbons (Fsp3) is 0.235. The van der Waals surface area contributed by atoms with Crippen LogP contribution in [-0.4, -0.2) is 27.4 Å². The number of methoxy groups -OCH3 is 3. The summed E-state index contributed by atoms with van der Waals surface area (Å²) in [7, 11) is 4.59. The SMILES string of the molecule is COc1ccc(CNC(=O)Nc2ccc(Cl)c(Cl)c2)c(OC)c1OC. The lowest BCUT2D eigenvalue weighted by atomic mass is 10.1. The van der Waals surface area contributed by atoms with E-state index in [1.807, 2.05) is 0 Å². The first-order valence-corrected chi connectivity index (χ1v) is 8.03. The van der Waals surface area contributed by atoms with Crippen LogP contribution in [0.5, 0.6) is 17.2 Å². The number of halogens is 2. The van der Waals surface area contributed by atoms with Crippen LogP contribution in [0.1, 0.15) is 5.56 Å². The molecule has 0 saturated carbocycles. The monoisotopic (exact) mass is 384 g/mol. The van der Waals surface area contributed by atoms with Gasteiger partial charge in [0.2, 0.25) is 5.75 Å². The van der Waals surface area contributed by atoms with Crippen molar-refractivity contribution in [3.8, 4) is 17.2 Å². The Bertz CT molecular complexity index is 769. The number of urea groups is 1. The maximum Gasteiger partial charge on any atom is 0.319 e. The van der Waals surface area contributed by atoms with Crippen LogP contribution < -0.4 is 24.8 Å². The van der Waals surface area contributed by atoms with Crippen LogP contribution in [0.25, 0.3) is 0 Å². The topological polar surface area (TPSA) is 68.8 Å². The van der Waals surface area contributed by atoms with E-state index in [1.54, 1.807) is 37.4 Å². The van der Waals surface area contributed by atoms with Gasteiger partial charge >= 0.3 is 6.03 Å². The molecule has 0 aliphatic rings. The second-order valence-corrected chi connectivity index (χ2v) is 5.74. The highest BCUT2D eigenvalue weighted by atomic mass is 35.5. The van der Waals surface area contributed by atoms with Crippen molar-refractivity contribution in [2.45, 2.75) is 6.54 Å². The van der Waals surface area contributed by atoms with Gasteiger partial charge in [0.1, 0.15) is 0 Å². The molecule has 0 heterocycles. The molecular formula is C17H18Cl2N2O4. The Morgan fingerprint density at radius 3 is 2.28 bits per heavy atom. The van der Waals surface area contributed by atoms with Crippen LogP contribution in [-0.2, 0) is 6.54 Å². The van der Waals surface area contributed by atoms with Gasteiger partial charge in [-0.1, -0.05) is 23.2 Å². The van der Waals surface area contributed by atoms with Crippen molar-refractivity contribution >= 4 is 34.9 Å². The summed E-state index contributed by atoms with van der Waals surface area (Å²) in [6.45, 7) is 0.233. The summed E-state index contributed by atoms with van der Waals surface area (Å²) in [5.41, 5.74) is 1.27. The summed E-state index contributed by atoms with van der Waals surface area (Å²) >= 11 is 11.8. The van der Waals surface area contributed by atoms with Crippen LogP contribution in [0.2, 0.25) is 10.0 Å². The molecule has 0 aliphatic carbocycles. The number of carbonyl (C=O) groups excluding carboxylic acids is 1. The van der Waals surface area contributed by atoms with Crippen molar-refractivity contribution in [1.29, 1.82) is 0 Å². The molecular weight excluding hydrogens is 367 g/mol. The van der Waals surface area contributed by atoms with Gasteiger partial charge in [0.05, 0.1) is 31.4 Å². The summed E-state index contributed by atoms with van der Waals surface area (Å²) in [5.74, 6) is 1.51. The molecule has 25 heavy (non-hydrogen) atoms. The van der Waals surface area contributed by atoms with Gasteiger partial charge in [-0.3, -0.25) is 0 Å². The van der Waals surface area contributed by atoms with E-state index in [2.05, 4.69) is 10.6 Å². The lowest BCUT2D eigenvalue weighted by molar-refractivity contribution is 0.251. The number of hydrogen-bond acceptors (Lipinski definition) is 4. The van der Waals surface area contributed by atoms with Gasteiger partial charge in [0.25, 0.3) is 0 Å². The van der Waals surface area contributed by atoms with Gasteiger partial charge in [-0.15, -0.1) is 0 Å². The molecule has 2 N–H and O–H groups in total. The Morgan fingerprint density at radius 1 is 0.960 bits per heavy atom. The van der Waals surface area contributed by atoms with Crippen molar-refractivity contribution < 1.29 is 19.0 Å². The van der Waals surface area contributed by atoms with E-state index in [9.17, 15) is 4.79 Å². The maximum absolute atomic E-state index is 12.1. The molecule has 0 radical (unpaired) electrons. The fourth-order valence-electron chi connectivity index (χ4n) is 2.23. The predicted octanol–water partition coefficient (Wildman–Crippen LogP) is 4.34. The highest BCUT2D eigenvalue weighted by Gasteiger charge is 2.16. The largest absolute Gasteiger partial charge is 0.493 e. The van der Waals surface area contributed by atoms with E-state index >= 15 is 0 Å². The van der Waals surface area contributed by atoms with Crippen LogP contribution in [0.15, 0.2) is 30.3 Å². The van der Waals surface area contributed by atoms with Crippen LogP contribution in [0.4, 0.5) is 10.5 Å². The number of anilines is 1. The molecule has 2 aromatic carbocycles. The highest BCUT2D eigenvalue weighted by molar-refractivity contribution is 6.42. The molecule has 8 heteroatoms. The quantitative estimate of drug-likeness (QED) is 0.776. The molecule has 0 spiro atoms. The number of amides is 2. The van der Waals surface area contributed by atoms with E-state index < -0.39 is 6.03 Å². The van der Waals surface area contributed by atoms with Crippen molar-refractivity contribution in [3.63, 3.8) is 0 Å². The minimum Gasteiger partial charge on any atom is -0.493 e. The van der Waals surface area contributed by atoms with Gasteiger partial charge in [0.15, 0.2) is 11.5 Å². The zero-order chi connectivity index (χ0) is 18.4. The van der Waals surface area contributed by atoms with E-state index in [0.29, 0.717) is 33.0 Å². The van der Waals surface area contributed by atoms with Crippen LogP contribution >= 0.6 is 23.2 Å². The molecule has 134 valence electrons. The molecule has 0 aromatic heterocycles. The Kier molecular flexibility index (Phi) is 6.61. The number of carbonyl (C=O) groups is 1. The smallest absolute Gasteiger partial charge is 0.319 e. The average Bonchev–Trinajstić information content (AvgIpc) is 2.61. The summed E-state index contributed by atoms with van der Waals surface area (Å²) in [6, 6.07) is 7.98. The Labute approximate surface area is 156 Å².